The summed E-state index contributed by atoms with van der Waals surface area (Å²) in [6, 6.07) is 8.68. The minimum atomic E-state index is -3.30. The van der Waals surface area contributed by atoms with Crippen molar-refractivity contribution in [3.63, 3.8) is 0 Å². The zero-order valence-corrected chi connectivity index (χ0v) is 16.9. The van der Waals surface area contributed by atoms with Crippen molar-refractivity contribution >= 4 is 21.6 Å². The molecule has 0 saturated heterocycles. The first-order valence-corrected chi connectivity index (χ1v) is 11.3. The molecule has 4 N–H and O–H groups in total. The van der Waals surface area contributed by atoms with Crippen LogP contribution < -0.4 is 15.8 Å². The molecule has 2 aliphatic carbocycles. The topological polar surface area (TPSA) is 96.6 Å². The van der Waals surface area contributed by atoms with Crippen molar-refractivity contribution in [2.24, 2.45) is 9.50 Å². The van der Waals surface area contributed by atoms with E-state index in [1.54, 1.807) is 12.1 Å². The number of nitrogens with zero attached hydrogens (tertiary/aromatic N) is 1. The molecule has 28 heavy (non-hydrogen) atoms. The van der Waals surface area contributed by atoms with Crippen molar-refractivity contribution in [3.8, 4) is 0 Å². The third kappa shape index (κ3) is 3.70. The van der Waals surface area contributed by atoms with Crippen LogP contribution in [-0.2, 0) is 42.1 Å². The van der Waals surface area contributed by atoms with Crippen molar-refractivity contribution in [2.45, 2.75) is 50.0 Å². The molecule has 1 atom stereocenters. The highest BCUT2D eigenvalue weighted by Gasteiger charge is 2.25. The average Bonchev–Trinajstić information content (AvgIpc) is 3.31. The van der Waals surface area contributed by atoms with Gasteiger partial charge in [0.25, 0.3) is 0 Å². The Hall–Kier alpha value is -2.22. The molecule has 2 amide bonds. The number of carbonyl (C=O) groups excluding carboxylic acids is 1. The Bertz CT molecular complexity index is 1010. The van der Waals surface area contributed by atoms with Crippen LogP contribution in [0.15, 0.2) is 39.6 Å². The summed E-state index contributed by atoms with van der Waals surface area (Å²) in [4.78, 5) is 13.0. The van der Waals surface area contributed by atoms with E-state index < -0.39 is 15.9 Å². The second-order valence-corrected chi connectivity index (χ2v) is 9.29. The molecule has 2 aliphatic rings. The Morgan fingerprint density at radius 1 is 1.07 bits per heavy atom. The highest BCUT2D eigenvalue weighted by Crippen LogP contribution is 2.38. The number of nitrogens with two attached hydrogens (primary N) is 1. The van der Waals surface area contributed by atoms with Gasteiger partial charge in [-0.1, -0.05) is 18.2 Å². The zero-order chi connectivity index (χ0) is 19.7. The maximum absolute atomic E-state index is 12.9. The summed E-state index contributed by atoms with van der Waals surface area (Å²) >= 11 is 0. The number of fused-ring (bicyclic) bond motifs is 2. The van der Waals surface area contributed by atoms with Crippen molar-refractivity contribution in [2.75, 3.05) is 12.4 Å². The quantitative estimate of drug-likeness (QED) is 0.737. The lowest BCUT2D eigenvalue weighted by Crippen LogP contribution is -2.19. The van der Waals surface area contributed by atoms with E-state index in [0.717, 1.165) is 49.8 Å². The Labute approximate surface area is 166 Å². The van der Waals surface area contributed by atoms with Gasteiger partial charge in [-0.05, 0) is 85.5 Å². The SMILES string of the molecule is CNCc1ccc([S@](N)(=O)=NC(=O)Nc2c3c(cc4c2CCC4)CCC3)cc1. The van der Waals surface area contributed by atoms with E-state index in [1.165, 1.54) is 22.3 Å². The molecular formula is C21H26N4O2S. The van der Waals surface area contributed by atoms with Crippen molar-refractivity contribution in [1.82, 2.24) is 5.32 Å². The van der Waals surface area contributed by atoms with E-state index in [0.29, 0.717) is 11.4 Å². The van der Waals surface area contributed by atoms with E-state index in [2.05, 4.69) is 21.1 Å². The Morgan fingerprint density at radius 2 is 1.68 bits per heavy atom. The number of hydrogen-bond donors (Lipinski definition) is 3. The summed E-state index contributed by atoms with van der Waals surface area (Å²) in [5.41, 5.74) is 7.00. The Balaban J connectivity index is 1.62. The van der Waals surface area contributed by atoms with Gasteiger partial charge in [0.1, 0.15) is 9.92 Å². The predicted octanol–water partition coefficient (Wildman–Crippen LogP) is 3.32. The highest BCUT2D eigenvalue weighted by atomic mass is 32.2. The standard InChI is InChI=1S/C21H26N4O2S/c1-23-13-14-8-10-17(11-9-14)28(22,27)25-21(26)24-20-18-6-2-4-15(18)12-16-5-3-7-19(16)20/h8-12,23H,2-7,13H2,1H3,(H3,22,24,25,26,27)/t28-/m1/s1. The number of benzene rings is 2. The van der Waals surface area contributed by atoms with Crippen LogP contribution in [0.2, 0.25) is 0 Å². The summed E-state index contributed by atoms with van der Waals surface area (Å²) in [5.74, 6) is 0. The summed E-state index contributed by atoms with van der Waals surface area (Å²) < 4.78 is 16.7. The normalized spacial score (nSPS) is 16.9. The van der Waals surface area contributed by atoms with E-state index in [-0.39, 0.29) is 0 Å². The minimum absolute atomic E-state index is 0.353. The number of aryl methyl sites for hydroxylation is 2. The van der Waals surface area contributed by atoms with Crippen LogP contribution in [0.1, 0.15) is 40.7 Å². The first kappa shape index (κ1) is 19.1. The van der Waals surface area contributed by atoms with Gasteiger partial charge in [0.05, 0.1) is 4.90 Å². The number of rotatable bonds is 4. The van der Waals surface area contributed by atoms with Crippen LogP contribution in [0, 0.1) is 0 Å². The minimum Gasteiger partial charge on any atom is -0.316 e. The molecular weight excluding hydrogens is 372 g/mol. The fourth-order valence-electron chi connectivity index (χ4n) is 4.28. The molecule has 0 radical (unpaired) electrons. The molecule has 4 rings (SSSR count). The lowest BCUT2D eigenvalue weighted by molar-refractivity contribution is 0.260. The number of carbonyl (C=O) groups is 1. The Kier molecular flexibility index (Phi) is 5.23. The van der Waals surface area contributed by atoms with E-state index in [9.17, 15) is 9.00 Å². The summed E-state index contributed by atoms with van der Waals surface area (Å²) in [5, 5.41) is 11.9. The molecule has 0 unspecified atom stereocenters. The molecule has 0 saturated carbocycles. The van der Waals surface area contributed by atoms with E-state index in [1.807, 2.05) is 19.2 Å². The summed E-state index contributed by atoms with van der Waals surface area (Å²) in [7, 11) is -1.44. The summed E-state index contributed by atoms with van der Waals surface area (Å²) in [6.45, 7) is 0.702. The van der Waals surface area contributed by atoms with Gasteiger partial charge in [-0.2, -0.15) is 0 Å². The molecule has 2 aromatic rings. The molecule has 2 aromatic carbocycles. The smallest absolute Gasteiger partial charge is 0.316 e. The van der Waals surface area contributed by atoms with Crippen LogP contribution >= 0.6 is 0 Å². The first-order valence-electron chi connectivity index (χ1n) is 9.74. The van der Waals surface area contributed by atoms with Crippen molar-refractivity contribution in [3.05, 3.63) is 58.1 Å². The second kappa shape index (κ2) is 7.66. The zero-order valence-electron chi connectivity index (χ0n) is 16.1. The third-order valence-electron chi connectivity index (χ3n) is 5.57. The first-order chi connectivity index (χ1) is 13.5. The monoisotopic (exact) mass is 398 g/mol. The van der Waals surface area contributed by atoms with Gasteiger partial charge in [0.2, 0.25) is 0 Å². The largest absolute Gasteiger partial charge is 0.354 e. The lowest BCUT2D eigenvalue weighted by atomic mass is 9.99. The fraction of sp³-hybridized carbons (Fsp3) is 0.381. The molecule has 0 spiro atoms. The maximum atomic E-state index is 12.9. The number of hydrogen-bond acceptors (Lipinski definition) is 3. The van der Waals surface area contributed by atoms with Crippen LogP contribution in [0.4, 0.5) is 10.5 Å². The van der Waals surface area contributed by atoms with Crippen LogP contribution in [0.25, 0.3) is 0 Å². The number of urea groups is 1. The third-order valence-corrected chi connectivity index (χ3v) is 6.95. The summed E-state index contributed by atoms with van der Waals surface area (Å²) in [6.07, 6.45) is 6.23. The van der Waals surface area contributed by atoms with Crippen LogP contribution in [0.3, 0.4) is 0 Å². The molecule has 0 aromatic heterocycles. The van der Waals surface area contributed by atoms with Gasteiger partial charge in [-0.3, -0.25) is 0 Å². The lowest BCUT2D eigenvalue weighted by Gasteiger charge is -2.15. The van der Waals surface area contributed by atoms with Crippen LogP contribution in [-0.4, -0.2) is 17.3 Å². The van der Waals surface area contributed by atoms with Gasteiger partial charge < -0.3 is 10.6 Å². The average molecular weight is 399 g/mol. The second-order valence-electron chi connectivity index (χ2n) is 7.50. The number of anilines is 1. The van der Waals surface area contributed by atoms with Gasteiger partial charge in [0, 0.05) is 12.2 Å². The van der Waals surface area contributed by atoms with Crippen LogP contribution in [0.5, 0.6) is 0 Å². The molecule has 6 nitrogen and oxygen atoms in total. The fourth-order valence-corrected chi connectivity index (χ4v) is 5.20. The predicted molar refractivity (Wildman–Crippen MR) is 112 cm³/mol. The molecule has 0 bridgehead atoms. The van der Waals surface area contributed by atoms with Gasteiger partial charge >= 0.3 is 6.03 Å². The van der Waals surface area contributed by atoms with Gasteiger partial charge in [-0.25, -0.2) is 14.1 Å². The molecule has 148 valence electrons. The molecule has 0 heterocycles. The van der Waals surface area contributed by atoms with Gasteiger partial charge in [-0.15, -0.1) is 4.36 Å². The van der Waals surface area contributed by atoms with Crippen molar-refractivity contribution < 1.29 is 9.00 Å². The number of amides is 2. The van der Waals surface area contributed by atoms with E-state index in [4.69, 9.17) is 5.14 Å². The molecule has 0 aliphatic heterocycles. The maximum Gasteiger partial charge on any atom is 0.354 e. The molecule has 7 heteroatoms. The molecule has 0 fully saturated rings. The van der Waals surface area contributed by atoms with Gasteiger partial charge in [0.15, 0.2) is 0 Å². The highest BCUT2D eigenvalue weighted by molar-refractivity contribution is 7.91. The van der Waals surface area contributed by atoms with E-state index >= 15 is 0 Å². The Morgan fingerprint density at radius 3 is 2.25 bits per heavy atom. The van der Waals surface area contributed by atoms with Crippen molar-refractivity contribution in [1.29, 1.82) is 0 Å². The number of nitrogens with one attached hydrogen (secondary N) is 2.